The molecule has 0 spiro atoms. The van der Waals surface area contributed by atoms with Gasteiger partial charge < -0.3 is 15.4 Å². The molecule has 30 heavy (non-hydrogen) atoms. The van der Waals surface area contributed by atoms with Crippen LogP contribution in [0.4, 0.5) is 11.4 Å². The Labute approximate surface area is 180 Å². The lowest BCUT2D eigenvalue weighted by Crippen LogP contribution is -2.19. The Morgan fingerprint density at radius 2 is 1.63 bits per heavy atom. The number of methoxy groups -OCH3 is 1. The molecule has 0 bridgehead atoms. The van der Waals surface area contributed by atoms with E-state index in [9.17, 15) is 9.59 Å². The highest BCUT2D eigenvalue weighted by Gasteiger charge is 2.23. The van der Waals surface area contributed by atoms with Crippen molar-refractivity contribution in [1.82, 2.24) is 0 Å². The van der Waals surface area contributed by atoms with Gasteiger partial charge in [0.2, 0.25) is 11.8 Å². The summed E-state index contributed by atoms with van der Waals surface area (Å²) >= 11 is 1.45. The van der Waals surface area contributed by atoms with Crippen molar-refractivity contribution in [2.24, 2.45) is 0 Å². The van der Waals surface area contributed by atoms with E-state index < -0.39 is 5.25 Å². The fourth-order valence-corrected chi connectivity index (χ4v) is 4.00. The summed E-state index contributed by atoms with van der Waals surface area (Å²) in [5.74, 6) is 0.357. The summed E-state index contributed by atoms with van der Waals surface area (Å²) in [5.41, 5.74) is 3.29. The van der Waals surface area contributed by atoms with E-state index in [-0.39, 0.29) is 11.8 Å². The van der Waals surface area contributed by atoms with Gasteiger partial charge in [-0.25, -0.2) is 0 Å². The fraction of sp³-hybridized carbons (Fsp3) is 0.167. The van der Waals surface area contributed by atoms with Crippen LogP contribution >= 0.6 is 11.8 Å². The highest BCUT2D eigenvalue weighted by atomic mass is 32.2. The van der Waals surface area contributed by atoms with Crippen molar-refractivity contribution in [1.29, 1.82) is 0 Å². The van der Waals surface area contributed by atoms with Crippen LogP contribution in [0.15, 0.2) is 77.7 Å². The van der Waals surface area contributed by atoms with Crippen LogP contribution in [0.25, 0.3) is 0 Å². The first-order valence-electron chi connectivity index (χ1n) is 9.51. The van der Waals surface area contributed by atoms with Crippen LogP contribution in [0.3, 0.4) is 0 Å². The van der Waals surface area contributed by atoms with E-state index in [1.165, 1.54) is 18.7 Å². The van der Waals surface area contributed by atoms with Crippen LogP contribution in [-0.4, -0.2) is 18.9 Å². The van der Waals surface area contributed by atoms with Gasteiger partial charge in [0.25, 0.3) is 0 Å². The number of thioether (sulfide) groups is 1. The maximum absolute atomic E-state index is 13.3. The van der Waals surface area contributed by atoms with Gasteiger partial charge in [0.1, 0.15) is 11.0 Å². The van der Waals surface area contributed by atoms with Crippen LogP contribution in [0, 0.1) is 6.92 Å². The lowest BCUT2D eigenvalue weighted by atomic mass is 10.1. The SMILES string of the molecule is COc1ccc(C)cc1NC(=O)C(Sc1ccc(NC(C)=O)cc1)c1ccccc1. The lowest BCUT2D eigenvalue weighted by molar-refractivity contribution is -0.116. The summed E-state index contributed by atoms with van der Waals surface area (Å²) in [6.45, 7) is 3.44. The number of nitrogens with one attached hydrogen (secondary N) is 2. The van der Waals surface area contributed by atoms with Crippen molar-refractivity contribution >= 4 is 35.0 Å². The van der Waals surface area contributed by atoms with Gasteiger partial charge in [-0.2, -0.15) is 0 Å². The average Bonchev–Trinajstić information content (AvgIpc) is 2.73. The average molecular weight is 421 g/mol. The molecule has 1 atom stereocenters. The molecule has 3 aromatic rings. The van der Waals surface area contributed by atoms with E-state index in [0.29, 0.717) is 11.4 Å². The Kier molecular flexibility index (Phi) is 7.14. The van der Waals surface area contributed by atoms with Crippen LogP contribution in [-0.2, 0) is 9.59 Å². The lowest BCUT2D eigenvalue weighted by Gasteiger charge is -2.19. The van der Waals surface area contributed by atoms with E-state index in [2.05, 4.69) is 10.6 Å². The minimum atomic E-state index is -0.456. The van der Waals surface area contributed by atoms with Crippen LogP contribution in [0.2, 0.25) is 0 Å². The Morgan fingerprint density at radius 3 is 2.27 bits per heavy atom. The van der Waals surface area contributed by atoms with E-state index in [0.717, 1.165) is 21.7 Å². The molecular formula is C24H24N2O3S. The van der Waals surface area contributed by atoms with Crippen molar-refractivity contribution in [2.75, 3.05) is 17.7 Å². The van der Waals surface area contributed by atoms with E-state index in [1.54, 1.807) is 7.11 Å². The third-order valence-electron chi connectivity index (χ3n) is 4.38. The number of aryl methyl sites for hydroxylation is 1. The second-order valence-electron chi connectivity index (χ2n) is 6.81. The van der Waals surface area contributed by atoms with E-state index in [4.69, 9.17) is 4.74 Å². The minimum Gasteiger partial charge on any atom is -0.495 e. The van der Waals surface area contributed by atoms with Crippen LogP contribution in [0.1, 0.15) is 23.3 Å². The topological polar surface area (TPSA) is 67.4 Å². The number of rotatable bonds is 7. The number of carbonyl (C=O) groups is 2. The standard InChI is InChI=1S/C24H24N2O3S/c1-16-9-14-22(29-3)21(15-16)26-24(28)23(18-7-5-4-6-8-18)30-20-12-10-19(11-13-20)25-17(2)27/h4-15,23H,1-3H3,(H,25,27)(H,26,28). The number of hydrogen-bond donors (Lipinski definition) is 2. The van der Waals surface area contributed by atoms with Gasteiger partial charge in [0, 0.05) is 17.5 Å². The van der Waals surface area contributed by atoms with Crippen molar-refractivity contribution in [3.63, 3.8) is 0 Å². The smallest absolute Gasteiger partial charge is 0.242 e. The molecule has 0 radical (unpaired) electrons. The van der Waals surface area contributed by atoms with Gasteiger partial charge in [-0.3, -0.25) is 9.59 Å². The van der Waals surface area contributed by atoms with Gasteiger partial charge in [-0.15, -0.1) is 11.8 Å². The Balaban J connectivity index is 1.85. The Morgan fingerprint density at radius 1 is 0.933 bits per heavy atom. The van der Waals surface area contributed by atoms with Gasteiger partial charge in [0.15, 0.2) is 0 Å². The van der Waals surface area contributed by atoms with Crippen molar-refractivity contribution in [2.45, 2.75) is 24.0 Å². The molecule has 0 aliphatic carbocycles. The number of amides is 2. The zero-order valence-electron chi connectivity index (χ0n) is 17.1. The molecule has 2 amide bonds. The summed E-state index contributed by atoms with van der Waals surface area (Å²) in [6, 6.07) is 22.8. The molecular weight excluding hydrogens is 396 g/mol. The first-order valence-corrected chi connectivity index (χ1v) is 10.4. The predicted molar refractivity (Wildman–Crippen MR) is 122 cm³/mol. The van der Waals surface area contributed by atoms with Gasteiger partial charge in [-0.05, 0) is 54.4 Å². The summed E-state index contributed by atoms with van der Waals surface area (Å²) in [5, 5.41) is 5.31. The van der Waals surface area contributed by atoms with Crippen molar-refractivity contribution in [3.05, 3.63) is 83.9 Å². The summed E-state index contributed by atoms with van der Waals surface area (Å²) in [6.07, 6.45) is 0. The Bertz CT molecular complexity index is 1020. The molecule has 0 aromatic heterocycles. The second-order valence-corrected chi connectivity index (χ2v) is 7.99. The quantitative estimate of drug-likeness (QED) is 0.500. The molecule has 6 heteroatoms. The minimum absolute atomic E-state index is 0.121. The fourth-order valence-electron chi connectivity index (χ4n) is 2.97. The highest BCUT2D eigenvalue weighted by molar-refractivity contribution is 8.00. The molecule has 0 fully saturated rings. The molecule has 0 aliphatic heterocycles. The largest absolute Gasteiger partial charge is 0.495 e. The molecule has 0 aliphatic rings. The first kappa shape index (κ1) is 21.5. The molecule has 3 rings (SSSR count). The third kappa shape index (κ3) is 5.64. The molecule has 0 saturated carbocycles. The van der Waals surface area contributed by atoms with Crippen molar-refractivity contribution < 1.29 is 14.3 Å². The molecule has 5 nitrogen and oxygen atoms in total. The normalized spacial score (nSPS) is 11.4. The van der Waals surface area contributed by atoms with Gasteiger partial charge in [-0.1, -0.05) is 36.4 Å². The second kappa shape index (κ2) is 9.98. The number of ether oxygens (including phenoxy) is 1. The Hall–Kier alpha value is -3.25. The van der Waals surface area contributed by atoms with Crippen LogP contribution in [0.5, 0.6) is 5.75 Å². The van der Waals surface area contributed by atoms with Gasteiger partial charge in [0.05, 0.1) is 12.8 Å². The zero-order valence-corrected chi connectivity index (χ0v) is 18.0. The maximum atomic E-state index is 13.3. The van der Waals surface area contributed by atoms with E-state index in [1.807, 2.05) is 79.7 Å². The van der Waals surface area contributed by atoms with E-state index >= 15 is 0 Å². The summed E-state index contributed by atoms with van der Waals surface area (Å²) in [7, 11) is 1.58. The van der Waals surface area contributed by atoms with Gasteiger partial charge >= 0.3 is 0 Å². The number of carbonyl (C=O) groups excluding carboxylic acids is 2. The molecule has 3 aromatic carbocycles. The molecule has 2 N–H and O–H groups in total. The first-order chi connectivity index (χ1) is 14.5. The number of anilines is 2. The highest BCUT2D eigenvalue weighted by Crippen LogP contribution is 2.37. The number of benzene rings is 3. The molecule has 154 valence electrons. The van der Waals surface area contributed by atoms with Crippen LogP contribution < -0.4 is 15.4 Å². The third-order valence-corrected chi connectivity index (χ3v) is 5.65. The zero-order chi connectivity index (χ0) is 21.5. The molecule has 1 unspecified atom stereocenters. The predicted octanol–water partition coefficient (Wildman–Crippen LogP) is 5.43. The van der Waals surface area contributed by atoms with Crippen molar-refractivity contribution in [3.8, 4) is 5.75 Å². The summed E-state index contributed by atoms with van der Waals surface area (Å²) < 4.78 is 5.39. The monoisotopic (exact) mass is 420 g/mol. The number of hydrogen-bond acceptors (Lipinski definition) is 4. The summed E-state index contributed by atoms with van der Waals surface area (Å²) in [4.78, 5) is 25.4. The molecule has 0 saturated heterocycles. The molecule has 0 heterocycles. The maximum Gasteiger partial charge on any atom is 0.242 e.